The van der Waals surface area contributed by atoms with Crippen LogP contribution in [0.1, 0.15) is 36.6 Å². The largest absolute Gasteiger partial charge is 0.496 e. The number of nitrogens with one attached hydrogen (secondary N) is 2. The van der Waals surface area contributed by atoms with E-state index in [9.17, 15) is 4.79 Å². The van der Waals surface area contributed by atoms with Crippen molar-refractivity contribution < 1.29 is 4.74 Å². The fraction of sp³-hybridized carbons (Fsp3) is 0.455. The molecule has 0 spiro atoms. The first kappa shape index (κ1) is 25.0. The third kappa shape index (κ3) is 8.08. The Morgan fingerprint density at radius 3 is 2.62 bits per heavy atom. The van der Waals surface area contributed by atoms with Crippen LogP contribution in [0.2, 0.25) is 0 Å². The third-order valence-corrected chi connectivity index (χ3v) is 4.56. The van der Waals surface area contributed by atoms with Crippen LogP contribution in [-0.4, -0.2) is 30.7 Å². The summed E-state index contributed by atoms with van der Waals surface area (Å²) < 4.78 is 7.28. The molecule has 0 saturated carbocycles. The van der Waals surface area contributed by atoms with Gasteiger partial charge in [0, 0.05) is 37.0 Å². The summed E-state index contributed by atoms with van der Waals surface area (Å²) in [5, 5.41) is 6.64. The van der Waals surface area contributed by atoms with Gasteiger partial charge in [0.1, 0.15) is 5.75 Å². The minimum absolute atomic E-state index is 0. The fourth-order valence-corrected chi connectivity index (χ4v) is 3.00. The zero-order chi connectivity index (χ0) is 20.4. The number of rotatable bonds is 9. The van der Waals surface area contributed by atoms with E-state index in [2.05, 4.69) is 27.8 Å². The Morgan fingerprint density at radius 1 is 1.14 bits per heavy atom. The monoisotopic (exact) mass is 512 g/mol. The number of nitrogens with zero attached hydrogens (tertiary/aromatic N) is 2. The number of hydrogen-bond donors (Lipinski definition) is 2. The van der Waals surface area contributed by atoms with Gasteiger partial charge in [0.15, 0.2) is 5.96 Å². The van der Waals surface area contributed by atoms with Crippen LogP contribution < -0.4 is 20.9 Å². The van der Waals surface area contributed by atoms with Crippen molar-refractivity contribution in [3.8, 4) is 5.75 Å². The van der Waals surface area contributed by atoms with Crippen molar-refractivity contribution in [2.75, 3.05) is 20.2 Å². The van der Waals surface area contributed by atoms with Crippen molar-refractivity contribution >= 4 is 29.9 Å². The van der Waals surface area contributed by atoms with Crippen LogP contribution in [0.15, 0.2) is 46.2 Å². The fourth-order valence-electron chi connectivity index (χ4n) is 3.00. The molecule has 1 aromatic carbocycles. The molecule has 0 atom stereocenters. The molecule has 0 aliphatic heterocycles. The molecule has 2 rings (SSSR count). The Bertz CT molecular complexity index is 849. The molecule has 1 aromatic heterocycles. The SMILES string of the molecule is CCNC(=NCc1ccc(C)cc1OC)NCCCCn1c(C)cccc1=O.I. The standard InChI is InChI=1S/C22H32N4O2.HI/c1-5-23-22(25-16-19-12-11-17(2)15-20(19)28-4)24-13-6-7-14-26-18(3)9-8-10-21(26)27;/h8-12,15H,5-7,13-14,16H2,1-4H3,(H2,23,24,25);1H. The van der Waals surface area contributed by atoms with Crippen molar-refractivity contribution in [3.63, 3.8) is 0 Å². The second-order valence-corrected chi connectivity index (χ2v) is 6.80. The lowest BCUT2D eigenvalue weighted by Crippen LogP contribution is -2.37. The third-order valence-electron chi connectivity index (χ3n) is 4.56. The molecule has 0 radical (unpaired) electrons. The maximum Gasteiger partial charge on any atom is 0.250 e. The molecule has 0 saturated heterocycles. The molecule has 1 heterocycles. The molecule has 7 heteroatoms. The van der Waals surface area contributed by atoms with Gasteiger partial charge in [-0.05, 0) is 51.3 Å². The first-order valence-corrected chi connectivity index (χ1v) is 9.87. The molecule has 2 aromatic rings. The lowest BCUT2D eigenvalue weighted by Gasteiger charge is -2.13. The van der Waals surface area contributed by atoms with Crippen molar-refractivity contribution in [2.24, 2.45) is 4.99 Å². The number of hydrogen-bond acceptors (Lipinski definition) is 3. The number of halogens is 1. The number of guanidine groups is 1. The number of aryl methyl sites for hydroxylation is 2. The quantitative estimate of drug-likeness (QED) is 0.233. The Labute approximate surface area is 190 Å². The maximum absolute atomic E-state index is 11.9. The van der Waals surface area contributed by atoms with Gasteiger partial charge in [-0.25, -0.2) is 4.99 Å². The van der Waals surface area contributed by atoms with Crippen LogP contribution in [-0.2, 0) is 13.1 Å². The van der Waals surface area contributed by atoms with Gasteiger partial charge in [-0.2, -0.15) is 0 Å². The highest BCUT2D eigenvalue weighted by Crippen LogP contribution is 2.20. The van der Waals surface area contributed by atoms with Gasteiger partial charge in [-0.3, -0.25) is 4.79 Å². The number of benzene rings is 1. The topological polar surface area (TPSA) is 67.7 Å². The minimum atomic E-state index is 0. The predicted molar refractivity (Wildman–Crippen MR) is 131 cm³/mol. The van der Waals surface area contributed by atoms with E-state index in [-0.39, 0.29) is 29.5 Å². The lowest BCUT2D eigenvalue weighted by atomic mass is 10.1. The van der Waals surface area contributed by atoms with Gasteiger partial charge in [0.25, 0.3) is 5.56 Å². The summed E-state index contributed by atoms with van der Waals surface area (Å²) >= 11 is 0. The second-order valence-electron chi connectivity index (χ2n) is 6.80. The van der Waals surface area contributed by atoms with Gasteiger partial charge in [-0.15, -0.1) is 24.0 Å². The highest BCUT2D eigenvalue weighted by molar-refractivity contribution is 14.0. The summed E-state index contributed by atoms with van der Waals surface area (Å²) in [5.74, 6) is 1.65. The van der Waals surface area contributed by atoms with E-state index in [1.807, 2.05) is 37.5 Å². The molecule has 0 bridgehead atoms. The molecule has 29 heavy (non-hydrogen) atoms. The first-order chi connectivity index (χ1) is 13.5. The average Bonchev–Trinajstić information content (AvgIpc) is 2.68. The number of aliphatic imine (C=N–C) groups is 1. The van der Waals surface area contributed by atoms with Crippen LogP contribution in [0.4, 0.5) is 0 Å². The summed E-state index contributed by atoms with van der Waals surface area (Å²) in [5.41, 5.74) is 3.30. The molecule has 0 unspecified atom stereocenters. The summed E-state index contributed by atoms with van der Waals surface area (Å²) in [7, 11) is 1.69. The van der Waals surface area contributed by atoms with Gasteiger partial charge >= 0.3 is 0 Å². The van der Waals surface area contributed by atoms with Gasteiger partial charge in [0.05, 0.1) is 13.7 Å². The predicted octanol–water partition coefficient (Wildman–Crippen LogP) is 3.63. The summed E-state index contributed by atoms with van der Waals surface area (Å²) in [6.45, 7) is 8.96. The van der Waals surface area contributed by atoms with Crippen molar-refractivity contribution in [1.82, 2.24) is 15.2 Å². The van der Waals surface area contributed by atoms with E-state index in [4.69, 9.17) is 4.74 Å². The summed E-state index contributed by atoms with van der Waals surface area (Å²) in [6.07, 6.45) is 1.89. The lowest BCUT2D eigenvalue weighted by molar-refractivity contribution is 0.409. The maximum atomic E-state index is 11.9. The number of aromatic nitrogens is 1. The van der Waals surface area contributed by atoms with Crippen LogP contribution in [0.3, 0.4) is 0 Å². The first-order valence-electron chi connectivity index (χ1n) is 9.87. The van der Waals surface area contributed by atoms with Crippen molar-refractivity contribution in [2.45, 2.75) is 46.7 Å². The van der Waals surface area contributed by atoms with E-state index in [1.54, 1.807) is 19.2 Å². The molecule has 0 aliphatic carbocycles. The van der Waals surface area contributed by atoms with E-state index >= 15 is 0 Å². The highest BCUT2D eigenvalue weighted by Gasteiger charge is 2.04. The van der Waals surface area contributed by atoms with Crippen LogP contribution in [0, 0.1) is 13.8 Å². The molecule has 2 N–H and O–H groups in total. The van der Waals surface area contributed by atoms with E-state index in [0.717, 1.165) is 55.4 Å². The normalized spacial score (nSPS) is 11.0. The molecule has 160 valence electrons. The number of ether oxygens (including phenoxy) is 1. The Morgan fingerprint density at radius 2 is 1.93 bits per heavy atom. The van der Waals surface area contributed by atoms with Crippen molar-refractivity contribution in [1.29, 1.82) is 0 Å². The Hall–Kier alpha value is -2.03. The van der Waals surface area contributed by atoms with E-state index in [0.29, 0.717) is 6.54 Å². The molecular formula is C22H33IN4O2. The minimum Gasteiger partial charge on any atom is -0.496 e. The van der Waals surface area contributed by atoms with Gasteiger partial charge in [0.2, 0.25) is 0 Å². The van der Waals surface area contributed by atoms with E-state index in [1.165, 1.54) is 5.56 Å². The number of methoxy groups -OCH3 is 1. The molecule has 0 amide bonds. The highest BCUT2D eigenvalue weighted by atomic mass is 127. The van der Waals surface area contributed by atoms with Crippen LogP contribution >= 0.6 is 24.0 Å². The average molecular weight is 512 g/mol. The molecule has 0 fully saturated rings. The zero-order valence-electron chi connectivity index (χ0n) is 17.8. The Balaban J connectivity index is 0.00000420. The number of unbranched alkanes of at least 4 members (excludes halogenated alkanes) is 1. The summed E-state index contributed by atoms with van der Waals surface area (Å²) in [6, 6.07) is 11.5. The molecule has 0 aliphatic rings. The summed E-state index contributed by atoms with van der Waals surface area (Å²) in [4.78, 5) is 16.6. The molecule has 6 nitrogen and oxygen atoms in total. The smallest absolute Gasteiger partial charge is 0.250 e. The van der Waals surface area contributed by atoms with Crippen molar-refractivity contribution in [3.05, 3.63) is 63.6 Å². The van der Waals surface area contributed by atoms with E-state index < -0.39 is 0 Å². The second kappa shape index (κ2) is 13.2. The van der Waals surface area contributed by atoms with Gasteiger partial charge in [-0.1, -0.05) is 18.2 Å². The number of pyridine rings is 1. The molecular weight excluding hydrogens is 479 g/mol. The Kier molecular flexibility index (Phi) is 11.4. The van der Waals surface area contributed by atoms with Crippen LogP contribution in [0.25, 0.3) is 0 Å². The van der Waals surface area contributed by atoms with Gasteiger partial charge < -0.3 is 19.9 Å². The zero-order valence-corrected chi connectivity index (χ0v) is 20.2. The van der Waals surface area contributed by atoms with Crippen LogP contribution in [0.5, 0.6) is 5.75 Å².